The zero-order valence-corrected chi connectivity index (χ0v) is 17.0. The van der Waals surface area contributed by atoms with Crippen LogP contribution in [0.2, 0.25) is 10.0 Å². The molecule has 1 amide bonds. The number of carbonyl (C=O) groups excluding carboxylic acids is 1. The highest BCUT2D eigenvalue weighted by Gasteiger charge is 2.15. The van der Waals surface area contributed by atoms with Crippen molar-refractivity contribution >= 4 is 40.5 Å². The average molecular weight is 435 g/mol. The van der Waals surface area contributed by atoms with E-state index in [-0.39, 0.29) is 23.7 Å². The van der Waals surface area contributed by atoms with Gasteiger partial charge in [-0.3, -0.25) is 19.6 Å². The maximum absolute atomic E-state index is 12.3. The number of halogens is 2. The van der Waals surface area contributed by atoms with Gasteiger partial charge in [0.1, 0.15) is 18.0 Å². The summed E-state index contributed by atoms with van der Waals surface area (Å²) >= 11 is 11.9. The lowest BCUT2D eigenvalue weighted by molar-refractivity contribution is -0.384. The SMILES string of the molecule is Cc1cc(Cl)ccc1Oc1cc(NC(=O)Cn2cc(Cl)c(C)n2)cc([N+](=O)[O-])c1. The van der Waals surface area contributed by atoms with E-state index >= 15 is 0 Å². The van der Waals surface area contributed by atoms with Crippen molar-refractivity contribution in [2.24, 2.45) is 0 Å². The number of aryl methyl sites for hydroxylation is 2. The molecule has 10 heteroatoms. The Labute approximate surface area is 176 Å². The van der Waals surface area contributed by atoms with Gasteiger partial charge in [-0.15, -0.1) is 0 Å². The van der Waals surface area contributed by atoms with Crippen LogP contribution in [0.3, 0.4) is 0 Å². The number of anilines is 1. The monoisotopic (exact) mass is 434 g/mol. The minimum Gasteiger partial charge on any atom is -0.457 e. The van der Waals surface area contributed by atoms with Gasteiger partial charge in [-0.1, -0.05) is 23.2 Å². The first-order valence-corrected chi connectivity index (χ1v) is 9.20. The molecule has 8 nitrogen and oxygen atoms in total. The number of hydrogen-bond acceptors (Lipinski definition) is 5. The fraction of sp³-hybridized carbons (Fsp3) is 0.158. The van der Waals surface area contributed by atoms with Gasteiger partial charge in [0.2, 0.25) is 5.91 Å². The molecule has 3 rings (SSSR count). The first kappa shape index (κ1) is 20.6. The summed E-state index contributed by atoms with van der Waals surface area (Å²) in [4.78, 5) is 23.0. The third kappa shape index (κ3) is 5.24. The summed E-state index contributed by atoms with van der Waals surface area (Å²) < 4.78 is 7.15. The number of benzene rings is 2. The number of nitro groups is 1. The molecule has 0 bridgehead atoms. The Bertz CT molecular complexity index is 1080. The van der Waals surface area contributed by atoms with Crippen molar-refractivity contribution in [2.45, 2.75) is 20.4 Å². The summed E-state index contributed by atoms with van der Waals surface area (Å²) in [6, 6.07) is 9.06. The molecule has 150 valence electrons. The normalized spacial score (nSPS) is 10.6. The number of non-ortho nitro benzene ring substituents is 1. The second-order valence-corrected chi connectivity index (χ2v) is 7.14. The zero-order chi connectivity index (χ0) is 21.1. The molecule has 2 aromatic carbocycles. The van der Waals surface area contributed by atoms with Gasteiger partial charge in [-0.25, -0.2) is 0 Å². The number of carbonyl (C=O) groups is 1. The van der Waals surface area contributed by atoms with Gasteiger partial charge in [0.15, 0.2) is 0 Å². The number of aromatic nitrogens is 2. The van der Waals surface area contributed by atoms with Gasteiger partial charge in [0, 0.05) is 23.4 Å². The highest BCUT2D eigenvalue weighted by Crippen LogP contribution is 2.32. The molecule has 0 aliphatic rings. The maximum atomic E-state index is 12.3. The minimum absolute atomic E-state index is 0.0945. The minimum atomic E-state index is -0.562. The molecule has 0 aliphatic carbocycles. The number of nitrogens with zero attached hydrogens (tertiary/aromatic N) is 3. The van der Waals surface area contributed by atoms with Crippen molar-refractivity contribution in [3.05, 3.63) is 74.0 Å². The largest absolute Gasteiger partial charge is 0.457 e. The van der Waals surface area contributed by atoms with Crippen LogP contribution in [-0.2, 0) is 11.3 Å². The molecule has 1 heterocycles. The topological polar surface area (TPSA) is 99.3 Å². The third-order valence-electron chi connectivity index (χ3n) is 3.94. The summed E-state index contributed by atoms with van der Waals surface area (Å²) in [6.07, 6.45) is 1.53. The predicted octanol–water partition coefficient (Wildman–Crippen LogP) is 5.15. The van der Waals surface area contributed by atoms with Crippen LogP contribution in [0.4, 0.5) is 11.4 Å². The molecular weight excluding hydrogens is 419 g/mol. The number of hydrogen-bond donors (Lipinski definition) is 1. The van der Waals surface area contributed by atoms with Gasteiger partial charge in [-0.05, 0) is 37.6 Å². The number of rotatable bonds is 6. The molecular formula is C19H16Cl2N4O4. The van der Waals surface area contributed by atoms with Crippen LogP contribution in [0, 0.1) is 24.0 Å². The van der Waals surface area contributed by atoms with E-state index in [2.05, 4.69) is 10.4 Å². The molecule has 0 unspecified atom stereocenters. The van der Waals surface area contributed by atoms with Crippen LogP contribution < -0.4 is 10.1 Å². The van der Waals surface area contributed by atoms with Gasteiger partial charge in [-0.2, -0.15) is 5.10 Å². The second kappa shape index (κ2) is 8.50. The van der Waals surface area contributed by atoms with Crippen molar-refractivity contribution in [1.82, 2.24) is 9.78 Å². The quantitative estimate of drug-likeness (QED) is 0.427. The average Bonchev–Trinajstić information content (AvgIpc) is 2.94. The molecule has 0 saturated heterocycles. The fourth-order valence-corrected chi connectivity index (χ4v) is 2.97. The maximum Gasteiger partial charge on any atom is 0.275 e. The summed E-state index contributed by atoms with van der Waals surface area (Å²) in [6.45, 7) is 3.43. The highest BCUT2D eigenvalue weighted by atomic mass is 35.5. The van der Waals surface area contributed by atoms with Crippen LogP contribution in [0.1, 0.15) is 11.3 Å². The van der Waals surface area contributed by atoms with Crippen LogP contribution in [0.25, 0.3) is 0 Å². The van der Waals surface area contributed by atoms with Gasteiger partial charge in [0.05, 0.1) is 27.4 Å². The number of nitrogens with one attached hydrogen (secondary N) is 1. The van der Waals surface area contributed by atoms with Crippen LogP contribution >= 0.6 is 23.2 Å². The number of nitro benzene ring substituents is 1. The molecule has 0 aliphatic heterocycles. The molecule has 3 aromatic rings. The zero-order valence-electron chi connectivity index (χ0n) is 15.5. The van der Waals surface area contributed by atoms with E-state index in [4.69, 9.17) is 27.9 Å². The van der Waals surface area contributed by atoms with Crippen molar-refractivity contribution in [1.29, 1.82) is 0 Å². The van der Waals surface area contributed by atoms with E-state index in [1.165, 1.54) is 29.1 Å². The van der Waals surface area contributed by atoms with Crippen molar-refractivity contribution in [2.75, 3.05) is 5.32 Å². The summed E-state index contributed by atoms with van der Waals surface area (Å²) in [5.41, 5.74) is 1.37. The van der Waals surface area contributed by atoms with Crippen LogP contribution in [0.15, 0.2) is 42.6 Å². The Morgan fingerprint density at radius 2 is 2.00 bits per heavy atom. The molecule has 29 heavy (non-hydrogen) atoms. The van der Waals surface area contributed by atoms with Crippen molar-refractivity contribution < 1.29 is 14.5 Å². The van der Waals surface area contributed by atoms with E-state index in [1.54, 1.807) is 32.0 Å². The first-order chi connectivity index (χ1) is 13.7. The molecule has 0 fully saturated rings. The van der Waals surface area contributed by atoms with Crippen LogP contribution in [0.5, 0.6) is 11.5 Å². The predicted molar refractivity (Wildman–Crippen MR) is 110 cm³/mol. The van der Waals surface area contributed by atoms with Crippen molar-refractivity contribution in [3.63, 3.8) is 0 Å². The van der Waals surface area contributed by atoms with Gasteiger partial charge < -0.3 is 10.1 Å². The molecule has 0 radical (unpaired) electrons. The fourth-order valence-electron chi connectivity index (χ4n) is 2.60. The molecule has 0 atom stereocenters. The van der Waals surface area contributed by atoms with Crippen LogP contribution in [-0.4, -0.2) is 20.6 Å². The second-order valence-electron chi connectivity index (χ2n) is 6.29. The van der Waals surface area contributed by atoms with Crippen molar-refractivity contribution in [3.8, 4) is 11.5 Å². The van der Waals surface area contributed by atoms with E-state index in [1.807, 2.05) is 0 Å². The molecule has 0 saturated carbocycles. The van der Waals surface area contributed by atoms with E-state index in [0.717, 1.165) is 5.56 Å². The smallest absolute Gasteiger partial charge is 0.275 e. The number of ether oxygens (including phenoxy) is 1. The summed E-state index contributed by atoms with van der Waals surface area (Å²) in [5, 5.41) is 19.0. The molecule has 1 N–H and O–H groups in total. The Morgan fingerprint density at radius 3 is 2.62 bits per heavy atom. The Hall–Kier alpha value is -3.10. The lowest BCUT2D eigenvalue weighted by Crippen LogP contribution is -2.19. The Balaban J connectivity index is 1.82. The first-order valence-electron chi connectivity index (χ1n) is 8.44. The molecule has 1 aromatic heterocycles. The standard InChI is InChI=1S/C19H16Cl2N4O4/c1-11-5-13(20)3-4-18(11)29-16-7-14(6-15(8-16)25(27)28)22-19(26)10-24-9-17(21)12(2)23-24/h3-9H,10H2,1-2H3,(H,22,26). The third-order valence-corrected chi connectivity index (χ3v) is 4.55. The van der Waals surface area contributed by atoms with Gasteiger partial charge in [0.25, 0.3) is 5.69 Å². The summed E-state index contributed by atoms with van der Waals surface area (Å²) in [5.74, 6) is 0.282. The lowest BCUT2D eigenvalue weighted by Gasteiger charge is -2.11. The van der Waals surface area contributed by atoms with E-state index in [9.17, 15) is 14.9 Å². The Morgan fingerprint density at radius 1 is 1.24 bits per heavy atom. The number of amides is 1. The van der Waals surface area contributed by atoms with E-state index < -0.39 is 10.8 Å². The summed E-state index contributed by atoms with van der Waals surface area (Å²) in [7, 11) is 0. The molecule has 0 spiro atoms. The Kier molecular flexibility index (Phi) is 6.05. The highest BCUT2D eigenvalue weighted by molar-refractivity contribution is 6.31. The van der Waals surface area contributed by atoms with E-state index in [0.29, 0.717) is 21.5 Å². The van der Waals surface area contributed by atoms with Gasteiger partial charge >= 0.3 is 0 Å². The lowest BCUT2D eigenvalue weighted by atomic mass is 10.2.